The fourth-order valence-corrected chi connectivity index (χ4v) is 3.76. The Kier molecular flexibility index (Phi) is 7.46. The van der Waals surface area contributed by atoms with Crippen LogP contribution in [0.4, 0.5) is 0 Å². The van der Waals surface area contributed by atoms with Crippen molar-refractivity contribution in [1.82, 2.24) is 9.55 Å². The largest absolute Gasteiger partial charge is 0.497 e. The molecule has 0 fully saturated rings. The van der Waals surface area contributed by atoms with Crippen molar-refractivity contribution < 1.29 is 14.6 Å². The SMILES string of the molecule is COc1cc(CN=Cc2c(O)n(CCC3=CCCCC3)c(=S)[nH]c2=O)cc(OC)c1. The molecule has 1 aromatic carbocycles. The summed E-state index contributed by atoms with van der Waals surface area (Å²) in [4.78, 5) is 19.3. The molecule has 1 aliphatic carbocycles. The highest BCUT2D eigenvalue weighted by atomic mass is 32.1. The van der Waals surface area contributed by atoms with Gasteiger partial charge in [-0.3, -0.25) is 19.3 Å². The Labute approximate surface area is 180 Å². The van der Waals surface area contributed by atoms with E-state index in [-0.39, 0.29) is 16.2 Å². The van der Waals surface area contributed by atoms with Crippen LogP contribution < -0.4 is 15.0 Å². The first-order valence-electron chi connectivity index (χ1n) is 9.97. The van der Waals surface area contributed by atoms with Crippen molar-refractivity contribution in [2.45, 2.75) is 45.2 Å². The molecule has 2 aromatic rings. The number of aliphatic imine (C=N–C) groups is 1. The number of allylic oxidation sites excluding steroid dienone is 2. The molecule has 3 rings (SSSR count). The van der Waals surface area contributed by atoms with Crippen molar-refractivity contribution >= 4 is 18.4 Å². The maximum absolute atomic E-state index is 12.3. The minimum absolute atomic E-state index is 0.0936. The molecule has 160 valence electrons. The standard InChI is InChI=1S/C22H27N3O4S/c1-28-17-10-16(11-18(12-17)29-2)13-23-14-19-20(26)24-22(30)25(21(19)27)9-8-15-6-4-3-5-7-15/h6,10-12,14,27H,3-5,7-9,13H2,1-2H3,(H,24,26,30). The number of methoxy groups -OCH3 is 2. The van der Waals surface area contributed by atoms with Crippen LogP contribution in [-0.4, -0.2) is 35.1 Å². The summed E-state index contributed by atoms with van der Waals surface area (Å²) >= 11 is 5.25. The summed E-state index contributed by atoms with van der Waals surface area (Å²) in [5.41, 5.74) is 1.86. The number of H-pyrrole nitrogens is 1. The van der Waals surface area contributed by atoms with E-state index in [2.05, 4.69) is 16.1 Å². The van der Waals surface area contributed by atoms with Crippen LogP contribution in [0.5, 0.6) is 17.4 Å². The lowest BCUT2D eigenvalue weighted by Crippen LogP contribution is -2.19. The van der Waals surface area contributed by atoms with Crippen LogP contribution in [0.2, 0.25) is 0 Å². The lowest BCUT2D eigenvalue weighted by atomic mass is 9.97. The average Bonchev–Trinajstić information content (AvgIpc) is 2.76. The van der Waals surface area contributed by atoms with Gasteiger partial charge in [0.25, 0.3) is 5.56 Å². The van der Waals surface area contributed by atoms with Gasteiger partial charge in [0.15, 0.2) is 4.77 Å². The Morgan fingerprint density at radius 1 is 1.23 bits per heavy atom. The summed E-state index contributed by atoms with van der Waals surface area (Å²) < 4.78 is 12.3. The van der Waals surface area contributed by atoms with Crippen LogP contribution in [-0.2, 0) is 13.1 Å². The summed E-state index contributed by atoms with van der Waals surface area (Å²) in [7, 11) is 3.16. The molecule has 0 radical (unpaired) electrons. The molecule has 0 amide bonds. The van der Waals surface area contributed by atoms with Gasteiger partial charge in [0.1, 0.15) is 17.1 Å². The molecule has 0 saturated heterocycles. The van der Waals surface area contributed by atoms with E-state index >= 15 is 0 Å². The number of ether oxygens (including phenoxy) is 2. The van der Waals surface area contributed by atoms with Gasteiger partial charge in [0, 0.05) is 18.8 Å². The number of nitrogens with one attached hydrogen (secondary N) is 1. The predicted octanol–water partition coefficient (Wildman–Crippen LogP) is 4.14. The Hall–Kier alpha value is -2.87. The number of nitrogens with zero attached hydrogens (tertiary/aromatic N) is 2. The summed E-state index contributed by atoms with van der Waals surface area (Å²) in [6.07, 6.45) is 9.05. The molecule has 0 atom stereocenters. The first-order chi connectivity index (χ1) is 14.5. The van der Waals surface area contributed by atoms with Gasteiger partial charge in [-0.25, -0.2) is 0 Å². The minimum atomic E-state index is -0.461. The smallest absolute Gasteiger partial charge is 0.264 e. The maximum Gasteiger partial charge on any atom is 0.264 e. The number of aromatic amines is 1. The molecule has 0 aliphatic heterocycles. The molecule has 0 unspecified atom stereocenters. The second-order valence-corrected chi connectivity index (χ2v) is 7.58. The van der Waals surface area contributed by atoms with Crippen molar-refractivity contribution in [1.29, 1.82) is 0 Å². The van der Waals surface area contributed by atoms with Crippen LogP contribution in [0.15, 0.2) is 39.6 Å². The van der Waals surface area contributed by atoms with Gasteiger partial charge in [-0.05, 0) is 62.0 Å². The second kappa shape index (κ2) is 10.2. The van der Waals surface area contributed by atoms with Crippen molar-refractivity contribution in [2.75, 3.05) is 14.2 Å². The summed E-state index contributed by atoms with van der Waals surface area (Å²) in [6, 6.07) is 5.46. The minimum Gasteiger partial charge on any atom is -0.497 e. The van der Waals surface area contributed by atoms with Crippen LogP contribution >= 0.6 is 12.2 Å². The van der Waals surface area contributed by atoms with Gasteiger partial charge in [0.05, 0.1) is 20.8 Å². The number of aromatic nitrogens is 2. The van der Waals surface area contributed by atoms with Gasteiger partial charge in [-0.15, -0.1) is 0 Å². The Morgan fingerprint density at radius 2 is 1.97 bits per heavy atom. The predicted molar refractivity (Wildman–Crippen MR) is 120 cm³/mol. The van der Waals surface area contributed by atoms with Crippen molar-refractivity contribution in [3.8, 4) is 17.4 Å². The topological polar surface area (TPSA) is 88.8 Å². The molecule has 1 aliphatic rings. The monoisotopic (exact) mass is 429 g/mol. The van der Waals surface area contributed by atoms with Crippen LogP contribution in [0, 0.1) is 4.77 Å². The maximum atomic E-state index is 12.3. The van der Waals surface area contributed by atoms with Gasteiger partial charge in [0.2, 0.25) is 5.88 Å². The van der Waals surface area contributed by atoms with Gasteiger partial charge >= 0.3 is 0 Å². The van der Waals surface area contributed by atoms with Crippen LogP contribution in [0.25, 0.3) is 0 Å². The second-order valence-electron chi connectivity index (χ2n) is 7.20. The van der Waals surface area contributed by atoms with Crippen molar-refractivity contribution in [3.05, 3.63) is 56.1 Å². The molecule has 0 saturated carbocycles. The molecule has 8 heteroatoms. The average molecular weight is 430 g/mol. The van der Waals surface area contributed by atoms with Gasteiger partial charge < -0.3 is 14.6 Å². The molecule has 0 spiro atoms. The molecule has 1 heterocycles. The van der Waals surface area contributed by atoms with Crippen LogP contribution in [0.1, 0.15) is 43.2 Å². The zero-order valence-electron chi connectivity index (χ0n) is 17.3. The number of aromatic hydroxyl groups is 1. The molecule has 0 bridgehead atoms. The molecule has 30 heavy (non-hydrogen) atoms. The highest BCUT2D eigenvalue weighted by Gasteiger charge is 2.12. The zero-order valence-corrected chi connectivity index (χ0v) is 18.1. The quantitative estimate of drug-likeness (QED) is 0.374. The van der Waals surface area contributed by atoms with E-state index < -0.39 is 5.56 Å². The first kappa shape index (κ1) is 21.8. The Morgan fingerprint density at radius 3 is 2.60 bits per heavy atom. The molecule has 2 N–H and O–H groups in total. The van der Waals surface area contributed by atoms with Crippen LogP contribution in [0.3, 0.4) is 0 Å². The van der Waals surface area contributed by atoms with E-state index in [0.29, 0.717) is 24.6 Å². The lowest BCUT2D eigenvalue weighted by molar-refractivity contribution is 0.393. The first-order valence-corrected chi connectivity index (χ1v) is 10.4. The van der Waals surface area contributed by atoms with Crippen molar-refractivity contribution in [2.24, 2.45) is 4.99 Å². The van der Waals surface area contributed by atoms with E-state index in [0.717, 1.165) is 24.8 Å². The van der Waals surface area contributed by atoms with Gasteiger partial charge in [-0.2, -0.15) is 0 Å². The number of hydrogen-bond donors (Lipinski definition) is 2. The molecule has 1 aromatic heterocycles. The summed E-state index contributed by atoms with van der Waals surface area (Å²) in [6.45, 7) is 0.816. The Bertz CT molecular complexity index is 1050. The third-order valence-electron chi connectivity index (χ3n) is 5.15. The fraction of sp³-hybridized carbons (Fsp3) is 0.409. The fourth-order valence-electron chi connectivity index (χ4n) is 3.49. The van der Waals surface area contributed by atoms with E-state index in [1.807, 2.05) is 12.1 Å². The zero-order chi connectivity index (χ0) is 21.5. The number of benzene rings is 1. The van der Waals surface area contributed by atoms with Gasteiger partial charge in [-0.1, -0.05) is 11.6 Å². The Balaban J connectivity index is 1.79. The van der Waals surface area contributed by atoms with E-state index in [4.69, 9.17) is 21.7 Å². The summed E-state index contributed by atoms with van der Waals surface area (Å²) in [5, 5.41) is 10.7. The molecular weight excluding hydrogens is 402 g/mol. The van der Waals surface area contributed by atoms with E-state index in [9.17, 15) is 9.90 Å². The number of hydrogen-bond acceptors (Lipinski definition) is 6. The van der Waals surface area contributed by atoms with E-state index in [1.54, 1.807) is 24.9 Å². The number of rotatable bonds is 8. The normalized spacial score (nSPS) is 14.0. The highest BCUT2D eigenvalue weighted by molar-refractivity contribution is 7.71. The summed E-state index contributed by atoms with van der Waals surface area (Å²) in [5.74, 6) is 1.16. The molecule has 7 nitrogen and oxygen atoms in total. The lowest BCUT2D eigenvalue weighted by Gasteiger charge is -2.15. The van der Waals surface area contributed by atoms with E-state index in [1.165, 1.54) is 24.6 Å². The third-order valence-corrected chi connectivity index (χ3v) is 5.48. The van der Waals surface area contributed by atoms with Crippen molar-refractivity contribution in [3.63, 3.8) is 0 Å². The molecular formula is C22H27N3O4S. The third kappa shape index (κ3) is 5.38. The highest BCUT2D eigenvalue weighted by Crippen LogP contribution is 2.24.